The topological polar surface area (TPSA) is 44.0 Å². The second-order valence-corrected chi connectivity index (χ2v) is 4.03. The van der Waals surface area contributed by atoms with E-state index in [1.54, 1.807) is 12.1 Å². The number of rotatable bonds is 4. The molecule has 4 nitrogen and oxygen atoms in total. The monoisotopic (exact) mass is 260 g/mol. The Labute approximate surface area is 109 Å². The van der Waals surface area contributed by atoms with E-state index < -0.39 is 16.9 Å². The SMILES string of the molecule is C=CCCn1ccn(-c2cccc(F)c2)c(=O)c1=O. The van der Waals surface area contributed by atoms with Crippen LogP contribution >= 0.6 is 0 Å². The molecule has 0 saturated heterocycles. The summed E-state index contributed by atoms with van der Waals surface area (Å²) in [4.78, 5) is 23.8. The van der Waals surface area contributed by atoms with Gasteiger partial charge in [0.1, 0.15) is 5.82 Å². The average molecular weight is 260 g/mol. The smallest absolute Gasteiger partial charge is 0.309 e. The van der Waals surface area contributed by atoms with Gasteiger partial charge in [0, 0.05) is 18.9 Å². The minimum absolute atomic E-state index is 0.331. The van der Waals surface area contributed by atoms with E-state index in [0.717, 1.165) is 4.57 Å². The Morgan fingerprint density at radius 1 is 1.21 bits per heavy atom. The lowest BCUT2D eigenvalue weighted by atomic mass is 10.3. The number of benzene rings is 1. The van der Waals surface area contributed by atoms with Crippen LogP contribution in [0.5, 0.6) is 0 Å². The zero-order chi connectivity index (χ0) is 13.8. The number of halogens is 1. The number of allylic oxidation sites excluding steroid dienone is 1. The molecule has 98 valence electrons. The van der Waals surface area contributed by atoms with Crippen LogP contribution in [0.25, 0.3) is 5.69 Å². The van der Waals surface area contributed by atoms with Gasteiger partial charge in [0.05, 0.1) is 5.69 Å². The molecule has 0 aliphatic carbocycles. The van der Waals surface area contributed by atoms with Crippen LogP contribution in [0.1, 0.15) is 6.42 Å². The summed E-state index contributed by atoms with van der Waals surface area (Å²) in [6, 6.07) is 5.53. The summed E-state index contributed by atoms with van der Waals surface area (Å²) in [6.07, 6.45) is 5.24. The quantitative estimate of drug-likeness (QED) is 0.620. The molecule has 0 saturated carbocycles. The molecule has 0 aliphatic rings. The molecule has 1 heterocycles. The largest absolute Gasteiger partial charge is 0.320 e. The fraction of sp³-hybridized carbons (Fsp3) is 0.143. The average Bonchev–Trinajstić information content (AvgIpc) is 2.40. The van der Waals surface area contributed by atoms with E-state index in [2.05, 4.69) is 6.58 Å². The summed E-state index contributed by atoms with van der Waals surface area (Å²) in [5.41, 5.74) is -0.997. The summed E-state index contributed by atoms with van der Waals surface area (Å²) >= 11 is 0. The van der Waals surface area contributed by atoms with Gasteiger partial charge in [0.25, 0.3) is 0 Å². The number of aryl methyl sites for hydroxylation is 1. The van der Waals surface area contributed by atoms with E-state index >= 15 is 0 Å². The first-order chi connectivity index (χ1) is 9.13. The molecule has 0 radical (unpaired) electrons. The molecule has 1 aromatic carbocycles. The summed E-state index contributed by atoms with van der Waals surface area (Å²) in [7, 11) is 0. The molecule has 2 aromatic rings. The highest BCUT2D eigenvalue weighted by Gasteiger charge is 2.06. The standard InChI is InChI=1S/C14H13FN2O2/c1-2-3-7-16-8-9-17(14(19)13(16)18)12-6-4-5-11(15)10-12/h2,4-6,8-10H,1,3,7H2. The van der Waals surface area contributed by atoms with Crippen LogP contribution in [0.3, 0.4) is 0 Å². The number of hydrogen-bond donors (Lipinski definition) is 0. The van der Waals surface area contributed by atoms with E-state index in [0.29, 0.717) is 18.7 Å². The molecule has 1 aromatic heterocycles. The molecular formula is C14H13FN2O2. The molecule has 19 heavy (non-hydrogen) atoms. The minimum atomic E-state index is -0.697. The van der Waals surface area contributed by atoms with E-state index in [-0.39, 0.29) is 0 Å². The third-order valence-corrected chi connectivity index (χ3v) is 2.72. The van der Waals surface area contributed by atoms with E-state index in [9.17, 15) is 14.0 Å². The van der Waals surface area contributed by atoms with Crippen molar-refractivity contribution in [2.45, 2.75) is 13.0 Å². The van der Waals surface area contributed by atoms with Gasteiger partial charge in [0.15, 0.2) is 0 Å². The molecular weight excluding hydrogens is 247 g/mol. The van der Waals surface area contributed by atoms with Crippen LogP contribution in [-0.2, 0) is 6.54 Å². The zero-order valence-electron chi connectivity index (χ0n) is 10.3. The first-order valence-corrected chi connectivity index (χ1v) is 5.82. The van der Waals surface area contributed by atoms with Gasteiger partial charge in [-0.05, 0) is 24.6 Å². The van der Waals surface area contributed by atoms with Crippen LogP contribution in [0.15, 0.2) is 58.9 Å². The second kappa shape index (κ2) is 5.48. The maximum Gasteiger partial charge on any atom is 0.320 e. The van der Waals surface area contributed by atoms with E-state index in [1.165, 1.54) is 35.2 Å². The Kier molecular flexibility index (Phi) is 3.75. The van der Waals surface area contributed by atoms with Gasteiger partial charge < -0.3 is 4.57 Å². The summed E-state index contributed by atoms with van der Waals surface area (Å²) < 4.78 is 15.6. The molecule has 0 unspecified atom stereocenters. The summed E-state index contributed by atoms with van der Waals surface area (Å²) in [6.45, 7) is 3.97. The highest BCUT2D eigenvalue weighted by atomic mass is 19.1. The molecule has 0 bridgehead atoms. The molecule has 0 amide bonds. The maximum atomic E-state index is 13.1. The van der Waals surface area contributed by atoms with E-state index in [1.807, 2.05) is 0 Å². The van der Waals surface area contributed by atoms with Crippen molar-refractivity contribution in [2.24, 2.45) is 0 Å². The van der Waals surface area contributed by atoms with Crippen molar-refractivity contribution in [3.05, 3.63) is 75.8 Å². The third-order valence-electron chi connectivity index (χ3n) is 2.72. The molecule has 0 aliphatic heterocycles. The highest BCUT2D eigenvalue weighted by Crippen LogP contribution is 2.06. The van der Waals surface area contributed by atoms with Crippen LogP contribution in [0.4, 0.5) is 4.39 Å². The highest BCUT2D eigenvalue weighted by molar-refractivity contribution is 5.31. The fourth-order valence-electron chi connectivity index (χ4n) is 1.74. The first kappa shape index (κ1) is 13.0. The lowest BCUT2D eigenvalue weighted by Gasteiger charge is -2.08. The van der Waals surface area contributed by atoms with Crippen molar-refractivity contribution in [2.75, 3.05) is 0 Å². The van der Waals surface area contributed by atoms with Crippen LogP contribution in [0.2, 0.25) is 0 Å². The molecule has 2 rings (SSSR count). The Balaban J connectivity index is 2.50. The Morgan fingerprint density at radius 2 is 2.00 bits per heavy atom. The van der Waals surface area contributed by atoms with Crippen molar-refractivity contribution in [3.63, 3.8) is 0 Å². The maximum absolute atomic E-state index is 13.1. The van der Waals surface area contributed by atoms with Gasteiger partial charge in [-0.1, -0.05) is 12.1 Å². The van der Waals surface area contributed by atoms with Gasteiger partial charge >= 0.3 is 11.1 Å². The van der Waals surface area contributed by atoms with Gasteiger partial charge in [-0.15, -0.1) is 6.58 Å². The first-order valence-electron chi connectivity index (χ1n) is 5.82. The molecule has 0 spiro atoms. The normalized spacial score (nSPS) is 10.4. The predicted molar refractivity (Wildman–Crippen MR) is 71.1 cm³/mol. The number of hydrogen-bond acceptors (Lipinski definition) is 2. The predicted octanol–water partition coefficient (Wildman–Crippen LogP) is 1.71. The van der Waals surface area contributed by atoms with Gasteiger partial charge in [-0.2, -0.15) is 0 Å². The molecule has 0 fully saturated rings. The van der Waals surface area contributed by atoms with Crippen molar-refractivity contribution in [3.8, 4) is 5.69 Å². The van der Waals surface area contributed by atoms with Crippen molar-refractivity contribution in [1.29, 1.82) is 0 Å². The van der Waals surface area contributed by atoms with Crippen molar-refractivity contribution < 1.29 is 4.39 Å². The summed E-state index contributed by atoms with van der Waals surface area (Å²) in [5.74, 6) is -0.458. The van der Waals surface area contributed by atoms with Crippen molar-refractivity contribution >= 4 is 0 Å². The Morgan fingerprint density at radius 3 is 2.68 bits per heavy atom. The van der Waals surface area contributed by atoms with Crippen LogP contribution in [-0.4, -0.2) is 9.13 Å². The number of nitrogens with zero attached hydrogens (tertiary/aromatic N) is 2. The lowest BCUT2D eigenvalue weighted by molar-refractivity contribution is 0.624. The fourth-order valence-corrected chi connectivity index (χ4v) is 1.74. The number of aromatic nitrogens is 2. The van der Waals surface area contributed by atoms with Crippen LogP contribution < -0.4 is 11.1 Å². The van der Waals surface area contributed by atoms with Gasteiger partial charge in [-0.25, -0.2) is 4.39 Å². The minimum Gasteiger partial charge on any atom is -0.309 e. The molecule has 0 atom stereocenters. The van der Waals surface area contributed by atoms with Gasteiger partial charge in [0.2, 0.25) is 0 Å². The molecule has 0 N–H and O–H groups in total. The van der Waals surface area contributed by atoms with Crippen molar-refractivity contribution in [1.82, 2.24) is 9.13 Å². The van der Waals surface area contributed by atoms with Gasteiger partial charge in [-0.3, -0.25) is 14.2 Å². The lowest BCUT2D eigenvalue weighted by Crippen LogP contribution is -2.39. The molecule has 5 heteroatoms. The van der Waals surface area contributed by atoms with Crippen LogP contribution in [0, 0.1) is 5.82 Å². The Bertz CT molecular complexity index is 716. The van der Waals surface area contributed by atoms with E-state index in [4.69, 9.17) is 0 Å². The Hall–Kier alpha value is -2.43. The second-order valence-electron chi connectivity index (χ2n) is 4.03. The summed E-state index contributed by atoms with van der Waals surface area (Å²) in [5, 5.41) is 0. The zero-order valence-corrected chi connectivity index (χ0v) is 10.3. The third kappa shape index (κ3) is 2.70.